The van der Waals surface area contributed by atoms with Crippen LogP contribution in [0.1, 0.15) is 58.4 Å². The van der Waals surface area contributed by atoms with Gasteiger partial charge in [-0.25, -0.2) is 0 Å². The molecule has 1 spiro atoms. The highest BCUT2D eigenvalue weighted by molar-refractivity contribution is 8.02. The van der Waals surface area contributed by atoms with Gasteiger partial charge in [0.1, 0.15) is 6.04 Å². The SMILES string of the molecule is CCCNC(=O)[C@@H]1[C@H]2C(=O)N([C@@H](CO)Cc3ccccc3)C(C(=O)NC(C)CCC)C23CC[C@H]1S3. The molecule has 3 unspecified atom stereocenters. The first-order valence-corrected chi connectivity index (χ1v) is 14.0. The van der Waals surface area contributed by atoms with E-state index in [1.54, 1.807) is 16.7 Å². The Hall–Kier alpha value is -2.06. The van der Waals surface area contributed by atoms with Gasteiger partial charge in [-0.15, -0.1) is 11.8 Å². The van der Waals surface area contributed by atoms with Crippen LogP contribution in [0.2, 0.25) is 0 Å². The van der Waals surface area contributed by atoms with Crippen molar-refractivity contribution in [3.8, 4) is 0 Å². The minimum atomic E-state index is -0.695. The molecule has 0 radical (unpaired) electrons. The van der Waals surface area contributed by atoms with Gasteiger partial charge in [-0.1, -0.05) is 50.6 Å². The normalized spacial score (nSPS) is 30.7. The molecular weight excluding hydrogens is 462 g/mol. The second-order valence-electron chi connectivity index (χ2n) is 10.3. The molecule has 192 valence electrons. The molecule has 1 aromatic rings. The molecule has 2 bridgehead atoms. The van der Waals surface area contributed by atoms with Crippen molar-refractivity contribution in [2.75, 3.05) is 13.2 Å². The van der Waals surface area contributed by atoms with Gasteiger partial charge in [0.25, 0.3) is 0 Å². The van der Waals surface area contributed by atoms with Crippen LogP contribution in [0.15, 0.2) is 30.3 Å². The molecule has 0 saturated carbocycles. The number of carbonyl (C=O) groups excluding carboxylic acids is 3. The summed E-state index contributed by atoms with van der Waals surface area (Å²) in [5.74, 6) is -1.36. The molecule has 3 aliphatic heterocycles. The minimum absolute atomic E-state index is 0.00569. The third-order valence-electron chi connectivity index (χ3n) is 7.87. The van der Waals surface area contributed by atoms with Gasteiger partial charge in [0.05, 0.1) is 29.2 Å². The van der Waals surface area contributed by atoms with E-state index in [9.17, 15) is 19.5 Å². The van der Waals surface area contributed by atoms with Gasteiger partial charge in [0.15, 0.2) is 0 Å². The number of nitrogens with one attached hydrogen (secondary N) is 2. The Morgan fingerprint density at radius 1 is 1.20 bits per heavy atom. The summed E-state index contributed by atoms with van der Waals surface area (Å²) in [4.78, 5) is 42.8. The molecule has 35 heavy (non-hydrogen) atoms. The molecule has 3 heterocycles. The number of hydrogen-bond acceptors (Lipinski definition) is 5. The monoisotopic (exact) mass is 501 g/mol. The number of thioether (sulfide) groups is 1. The number of aliphatic hydroxyl groups is 1. The molecule has 3 N–H and O–H groups in total. The number of nitrogens with zero attached hydrogens (tertiary/aromatic N) is 1. The van der Waals surface area contributed by atoms with Crippen LogP contribution in [-0.4, -0.2) is 69.0 Å². The number of fused-ring (bicyclic) bond motifs is 1. The van der Waals surface area contributed by atoms with E-state index in [1.165, 1.54) is 0 Å². The van der Waals surface area contributed by atoms with E-state index in [4.69, 9.17) is 0 Å². The summed E-state index contributed by atoms with van der Waals surface area (Å²) in [6, 6.07) is 8.52. The van der Waals surface area contributed by atoms with E-state index in [0.717, 1.165) is 37.7 Å². The highest BCUT2D eigenvalue weighted by Gasteiger charge is 2.74. The van der Waals surface area contributed by atoms with Crippen LogP contribution in [0.3, 0.4) is 0 Å². The zero-order valence-corrected chi connectivity index (χ0v) is 21.9. The predicted octanol–water partition coefficient (Wildman–Crippen LogP) is 2.51. The fourth-order valence-corrected chi connectivity index (χ4v) is 8.62. The summed E-state index contributed by atoms with van der Waals surface area (Å²) in [5, 5.41) is 16.7. The molecule has 7 nitrogen and oxygen atoms in total. The third-order valence-corrected chi connectivity index (χ3v) is 9.82. The summed E-state index contributed by atoms with van der Waals surface area (Å²) in [5.41, 5.74) is 1.00. The highest BCUT2D eigenvalue weighted by Crippen LogP contribution is 2.66. The van der Waals surface area contributed by atoms with E-state index in [2.05, 4.69) is 17.6 Å². The maximum absolute atomic E-state index is 14.1. The Balaban J connectivity index is 1.70. The van der Waals surface area contributed by atoms with Gasteiger partial charge >= 0.3 is 0 Å². The van der Waals surface area contributed by atoms with Crippen LogP contribution in [-0.2, 0) is 20.8 Å². The summed E-state index contributed by atoms with van der Waals surface area (Å²) in [7, 11) is 0. The molecule has 3 aliphatic rings. The van der Waals surface area contributed by atoms with E-state index >= 15 is 0 Å². The number of likely N-dealkylation sites (tertiary alicyclic amines) is 1. The Kier molecular flexibility index (Phi) is 8.11. The number of carbonyl (C=O) groups is 3. The number of hydrogen-bond donors (Lipinski definition) is 3. The molecule has 0 aliphatic carbocycles. The molecule has 1 aromatic carbocycles. The molecule has 3 saturated heterocycles. The Labute approximate surface area is 212 Å². The molecule has 4 rings (SSSR count). The highest BCUT2D eigenvalue weighted by atomic mass is 32.2. The smallest absolute Gasteiger partial charge is 0.244 e. The zero-order chi connectivity index (χ0) is 25.2. The summed E-state index contributed by atoms with van der Waals surface area (Å²) in [6.45, 7) is 6.42. The number of aliphatic hydroxyl groups excluding tert-OH is 1. The summed E-state index contributed by atoms with van der Waals surface area (Å²) in [6.07, 6.45) is 4.65. The van der Waals surface area contributed by atoms with Crippen LogP contribution in [0, 0.1) is 11.8 Å². The van der Waals surface area contributed by atoms with Gasteiger partial charge in [-0.3, -0.25) is 14.4 Å². The first-order chi connectivity index (χ1) is 16.9. The van der Waals surface area contributed by atoms with Crippen molar-refractivity contribution in [1.29, 1.82) is 0 Å². The largest absolute Gasteiger partial charge is 0.394 e. The Morgan fingerprint density at radius 2 is 1.94 bits per heavy atom. The van der Waals surface area contributed by atoms with Crippen LogP contribution < -0.4 is 10.6 Å². The molecule has 8 heteroatoms. The fraction of sp³-hybridized carbons (Fsp3) is 0.667. The van der Waals surface area contributed by atoms with Crippen LogP contribution in [0.25, 0.3) is 0 Å². The minimum Gasteiger partial charge on any atom is -0.394 e. The number of rotatable bonds is 11. The maximum atomic E-state index is 14.1. The first-order valence-electron chi connectivity index (χ1n) is 13.1. The predicted molar refractivity (Wildman–Crippen MR) is 138 cm³/mol. The molecule has 0 aromatic heterocycles. The second kappa shape index (κ2) is 10.9. The second-order valence-corrected chi connectivity index (χ2v) is 11.9. The lowest BCUT2D eigenvalue weighted by Crippen LogP contribution is -2.58. The van der Waals surface area contributed by atoms with Crippen molar-refractivity contribution >= 4 is 29.5 Å². The van der Waals surface area contributed by atoms with Gasteiger partial charge in [-0.05, 0) is 44.6 Å². The quantitative estimate of drug-likeness (QED) is 0.433. The maximum Gasteiger partial charge on any atom is 0.244 e. The first kappa shape index (κ1) is 26.0. The number of amides is 3. The molecular formula is C27H39N3O4S. The number of benzene rings is 1. The lowest BCUT2D eigenvalue weighted by atomic mass is 9.70. The Morgan fingerprint density at radius 3 is 2.60 bits per heavy atom. The topological polar surface area (TPSA) is 98.7 Å². The standard InChI is InChI=1S/C27H39N3O4S/c1-4-9-17(3)29-25(33)23-27-13-12-20(35-27)21(24(32)28-14-5-2)22(27)26(34)30(23)19(16-31)15-18-10-7-6-8-11-18/h6-8,10-11,17,19-23,31H,4-5,9,12-16H2,1-3H3,(H,28,32)(H,29,33)/t17?,19-,20-,21+,22+,23?,27?/m1/s1. The average Bonchev–Trinajstić information content (AvgIpc) is 3.49. The molecule has 3 fully saturated rings. The van der Waals surface area contributed by atoms with Crippen LogP contribution in [0.5, 0.6) is 0 Å². The fourth-order valence-electron chi connectivity index (χ4n) is 6.41. The lowest BCUT2D eigenvalue weighted by Gasteiger charge is -2.37. The van der Waals surface area contributed by atoms with Crippen LogP contribution >= 0.6 is 11.8 Å². The Bertz CT molecular complexity index is 928. The van der Waals surface area contributed by atoms with Crippen molar-refractivity contribution in [3.63, 3.8) is 0 Å². The average molecular weight is 502 g/mol. The van der Waals surface area contributed by atoms with Gasteiger partial charge in [0.2, 0.25) is 17.7 Å². The van der Waals surface area contributed by atoms with E-state index in [-0.39, 0.29) is 35.6 Å². The van der Waals surface area contributed by atoms with Gasteiger partial charge in [-0.2, -0.15) is 0 Å². The molecule has 7 atom stereocenters. The van der Waals surface area contributed by atoms with Gasteiger partial charge in [0, 0.05) is 17.8 Å². The zero-order valence-electron chi connectivity index (χ0n) is 21.0. The van der Waals surface area contributed by atoms with Crippen molar-refractivity contribution in [2.45, 2.75) is 87.4 Å². The van der Waals surface area contributed by atoms with Crippen molar-refractivity contribution in [2.24, 2.45) is 11.8 Å². The molecule has 3 amide bonds. The van der Waals surface area contributed by atoms with Crippen molar-refractivity contribution < 1.29 is 19.5 Å². The van der Waals surface area contributed by atoms with E-state index in [0.29, 0.717) is 13.0 Å². The van der Waals surface area contributed by atoms with Crippen molar-refractivity contribution in [3.05, 3.63) is 35.9 Å². The van der Waals surface area contributed by atoms with E-state index in [1.807, 2.05) is 44.2 Å². The van der Waals surface area contributed by atoms with Crippen LogP contribution in [0.4, 0.5) is 0 Å². The lowest BCUT2D eigenvalue weighted by molar-refractivity contribution is -0.142. The van der Waals surface area contributed by atoms with Crippen molar-refractivity contribution in [1.82, 2.24) is 15.5 Å². The van der Waals surface area contributed by atoms with E-state index < -0.39 is 28.7 Å². The van der Waals surface area contributed by atoms with Gasteiger partial charge < -0.3 is 20.6 Å². The summed E-state index contributed by atoms with van der Waals surface area (Å²) >= 11 is 1.67. The third kappa shape index (κ3) is 4.71. The summed E-state index contributed by atoms with van der Waals surface area (Å²) < 4.78 is -0.629.